The number of anilines is 6. The SMILES string of the molecule is CC1(C)c2cc(/C=C/c3ccc4c(c3)C3(CCCCC3)c3cc(N5c6ccccc6C(C)(C)c6ccccc65)ccc3-4)ccc2-c2ccc(N3c4ccccc4C(C)(C)c4ccccc43)cc21. The molecule has 1 saturated carbocycles. The van der Waals surface area contributed by atoms with Gasteiger partial charge in [0.15, 0.2) is 0 Å². The first kappa shape index (κ1) is 40.4. The van der Waals surface area contributed by atoms with E-state index in [-0.39, 0.29) is 21.7 Å². The summed E-state index contributed by atoms with van der Waals surface area (Å²) in [7, 11) is 0. The van der Waals surface area contributed by atoms with Gasteiger partial charge in [-0.3, -0.25) is 0 Å². The Hall–Kier alpha value is -6.90. The summed E-state index contributed by atoms with van der Waals surface area (Å²) >= 11 is 0. The van der Waals surface area contributed by atoms with E-state index in [0.29, 0.717) is 0 Å². The van der Waals surface area contributed by atoms with Gasteiger partial charge in [0.05, 0.1) is 22.7 Å². The van der Waals surface area contributed by atoms with E-state index < -0.39 is 0 Å². The van der Waals surface area contributed by atoms with E-state index >= 15 is 0 Å². The van der Waals surface area contributed by atoms with Crippen molar-refractivity contribution in [1.82, 2.24) is 0 Å². The van der Waals surface area contributed by atoms with Crippen molar-refractivity contribution >= 4 is 46.3 Å². The molecule has 0 radical (unpaired) electrons. The quantitative estimate of drug-likeness (QED) is 0.163. The van der Waals surface area contributed by atoms with Gasteiger partial charge in [-0.2, -0.15) is 0 Å². The Labute approximate surface area is 397 Å². The van der Waals surface area contributed by atoms with E-state index in [2.05, 4.69) is 233 Å². The monoisotopic (exact) mass is 866 g/mol. The fourth-order valence-corrected chi connectivity index (χ4v) is 13.5. The number of hydrogen-bond acceptors (Lipinski definition) is 2. The summed E-state index contributed by atoms with van der Waals surface area (Å²) in [6, 6.07) is 65.0. The van der Waals surface area contributed by atoms with Crippen LogP contribution in [0.5, 0.6) is 0 Å². The lowest BCUT2D eigenvalue weighted by molar-refractivity contribution is 0.353. The van der Waals surface area contributed by atoms with E-state index in [4.69, 9.17) is 0 Å². The fraction of sp³-hybridized carbons (Fsp3) is 0.231. The zero-order valence-corrected chi connectivity index (χ0v) is 39.8. The molecule has 0 N–H and O–H groups in total. The standard InChI is InChI=1S/C65H58N2/c1-62(2)50-18-8-12-22-58(50)66(59-23-13-9-19-51(59)62)44-30-34-47-46-32-28-42(38-54(46)64(5,6)55(47)40-44)26-27-43-29-33-48-49-35-31-45(41-57(49)65(56(48)39-43)36-16-7-17-37-65)67-60-24-14-10-20-52(60)63(3,4)53-21-11-15-25-61(53)67/h8-15,18-35,38-41H,7,16-17,36-37H2,1-6H3/b27-26+. The van der Waals surface area contributed by atoms with Crippen molar-refractivity contribution in [3.05, 3.63) is 225 Å². The minimum Gasteiger partial charge on any atom is -0.310 e. The van der Waals surface area contributed by atoms with Gasteiger partial charge in [0.2, 0.25) is 0 Å². The molecule has 8 aromatic carbocycles. The predicted molar refractivity (Wildman–Crippen MR) is 282 cm³/mol. The third kappa shape index (κ3) is 5.69. The zero-order chi connectivity index (χ0) is 45.5. The molecule has 2 aliphatic heterocycles. The first-order valence-corrected chi connectivity index (χ1v) is 24.7. The van der Waals surface area contributed by atoms with Gasteiger partial charge < -0.3 is 9.80 Å². The molecule has 8 aromatic rings. The number of benzene rings is 8. The minimum absolute atomic E-state index is 0.0215. The van der Waals surface area contributed by atoms with Gasteiger partial charge in [-0.15, -0.1) is 0 Å². The smallest absolute Gasteiger partial charge is 0.0502 e. The van der Waals surface area contributed by atoms with Crippen LogP contribution in [0.15, 0.2) is 170 Å². The Morgan fingerprint density at radius 1 is 0.328 bits per heavy atom. The van der Waals surface area contributed by atoms with Crippen LogP contribution in [0.1, 0.15) is 129 Å². The fourth-order valence-electron chi connectivity index (χ4n) is 13.5. The summed E-state index contributed by atoms with van der Waals surface area (Å²) in [5.41, 5.74) is 26.6. The first-order chi connectivity index (χ1) is 32.5. The third-order valence-corrected chi connectivity index (χ3v) is 17.0. The summed E-state index contributed by atoms with van der Waals surface area (Å²) in [4.78, 5) is 5.02. The predicted octanol–water partition coefficient (Wildman–Crippen LogP) is 17.6. The van der Waals surface area contributed by atoms with Crippen LogP contribution in [0.2, 0.25) is 0 Å². The Bertz CT molecular complexity index is 3290. The van der Waals surface area contributed by atoms with Crippen LogP contribution in [-0.2, 0) is 21.7 Å². The molecule has 0 amide bonds. The molecular weight excluding hydrogens is 809 g/mol. The topological polar surface area (TPSA) is 6.48 Å². The lowest BCUT2D eigenvalue weighted by Crippen LogP contribution is -2.31. The van der Waals surface area contributed by atoms with Crippen molar-refractivity contribution < 1.29 is 0 Å². The molecular formula is C65H58N2. The molecule has 0 bridgehead atoms. The Balaban J connectivity index is 0.832. The number of nitrogens with zero attached hydrogens (tertiary/aromatic N) is 2. The molecule has 3 aliphatic carbocycles. The van der Waals surface area contributed by atoms with Crippen LogP contribution in [0.25, 0.3) is 34.4 Å². The summed E-state index contributed by atoms with van der Waals surface area (Å²) < 4.78 is 0. The maximum atomic E-state index is 2.57. The molecule has 0 atom stereocenters. The average Bonchev–Trinajstić information content (AvgIpc) is 3.73. The van der Waals surface area contributed by atoms with Gasteiger partial charge in [0.1, 0.15) is 0 Å². The van der Waals surface area contributed by atoms with E-state index in [1.807, 2.05) is 0 Å². The van der Waals surface area contributed by atoms with Crippen LogP contribution >= 0.6 is 0 Å². The molecule has 1 spiro atoms. The van der Waals surface area contributed by atoms with Gasteiger partial charge in [-0.05, 0) is 139 Å². The van der Waals surface area contributed by atoms with Crippen molar-refractivity contribution in [1.29, 1.82) is 0 Å². The number of fused-ring (bicyclic) bond motifs is 12. The molecule has 0 unspecified atom stereocenters. The maximum Gasteiger partial charge on any atom is 0.0502 e. The van der Waals surface area contributed by atoms with Crippen LogP contribution in [0.4, 0.5) is 34.1 Å². The van der Waals surface area contributed by atoms with Crippen LogP contribution in [-0.4, -0.2) is 0 Å². The highest BCUT2D eigenvalue weighted by Gasteiger charge is 2.45. The molecule has 0 saturated heterocycles. The molecule has 2 heterocycles. The second kappa shape index (κ2) is 14.3. The van der Waals surface area contributed by atoms with E-state index in [1.165, 1.54) is 144 Å². The highest BCUT2D eigenvalue weighted by molar-refractivity contribution is 5.92. The summed E-state index contributed by atoms with van der Waals surface area (Å²) in [6.07, 6.45) is 10.9. The van der Waals surface area contributed by atoms with Crippen molar-refractivity contribution in [2.45, 2.75) is 95.3 Å². The second-order valence-corrected chi connectivity index (χ2v) is 21.7. The van der Waals surface area contributed by atoms with Gasteiger partial charge in [0, 0.05) is 33.0 Å². The first-order valence-electron chi connectivity index (χ1n) is 24.7. The number of para-hydroxylation sites is 4. The molecule has 2 nitrogen and oxygen atoms in total. The van der Waals surface area contributed by atoms with E-state index in [1.54, 1.807) is 0 Å². The van der Waals surface area contributed by atoms with Crippen molar-refractivity contribution in [3.8, 4) is 22.3 Å². The molecule has 1 fully saturated rings. The summed E-state index contributed by atoms with van der Waals surface area (Å²) in [5, 5.41) is 0. The summed E-state index contributed by atoms with van der Waals surface area (Å²) in [6.45, 7) is 14.3. The number of rotatable bonds is 4. The Morgan fingerprint density at radius 3 is 1.10 bits per heavy atom. The molecule has 67 heavy (non-hydrogen) atoms. The lowest BCUT2D eigenvalue weighted by atomic mass is 9.67. The van der Waals surface area contributed by atoms with Crippen molar-refractivity contribution in [2.24, 2.45) is 0 Å². The zero-order valence-electron chi connectivity index (χ0n) is 39.8. The van der Waals surface area contributed by atoms with Crippen molar-refractivity contribution in [3.63, 3.8) is 0 Å². The van der Waals surface area contributed by atoms with Crippen LogP contribution in [0, 0.1) is 0 Å². The molecule has 5 aliphatic rings. The molecule has 328 valence electrons. The number of hydrogen-bond donors (Lipinski definition) is 0. The second-order valence-electron chi connectivity index (χ2n) is 21.7. The largest absolute Gasteiger partial charge is 0.310 e. The highest BCUT2D eigenvalue weighted by Crippen LogP contribution is 2.59. The maximum absolute atomic E-state index is 2.57. The van der Waals surface area contributed by atoms with Gasteiger partial charge >= 0.3 is 0 Å². The third-order valence-electron chi connectivity index (χ3n) is 17.0. The molecule has 2 heteroatoms. The normalized spacial score (nSPS) is 18.1. The highest BCUT2D eigenvalue weighted by atomic mass is 15.2. The molecule has 0 aromatic heterocycles. The van der Waals surface area contributed by atoms with Crippen molar-refractivity contribution in [2.75, 3.05) is 9.80 Å². The van der Waals surface area contributed by atoms with Gasteiger partial charge in [0.25, 0.3) is 0 Å². The molecule has 13 rings (SSSR count). The minimum atomic E-state index is -0.154. The average molecular weight is 867 g/mol. The van der Waals surface area contributed by atoms with E-state index in [9.17, 15) is 0 Å². The van der Waals surface area contributed by atoms with Crippen LogP contribution < -0.4 is 9.80 Å². The van der Waals surface area contributed by atoms with E-state index in [0.717, 1.165) is 0 Å². The van der Waals surface area contributed by atoms with Crippen LogP contribution in [0.3, 0.4) is 0 Å². The summed E-state index contributed by atoms with van der Waals surface area (Å²) in [5.74, 6) is 0. The Morgan fingerprint density at radius 2 is 0.657 bits per heavy atom. The lowest BCUT2D eigenvalue weighted by Gasteiger charge is -2.42. The van der Waals surface area contributed by atoms with Gasteiger partial charge in [-0.25, -0.2) is 0 Å². The Kier molecular flexibility index (Phi) is 8.62. The van der Waals surface area contributed by atoms with Gasteiger partial charge in [-0.1, -0.05) is 194 Å².